The van der Waals surface area contributed by atoms with E-state index in [2.05, 4.69) is 5.32 Å². The molecule has 0 radical (unpaired) electrons. The van der Waals surface area contributed by atoms with E-state index >= 15 is 0 Å². The highest BCUT2D eigenvalue weighted by Gasteiger charge is 2.35. The zero-order chi connectivity index (χ0) is 46.4. The summed E-state index contributed by atoms with van der Waals surface area (Å²) in [6.07, 6.45) is 4.64. The quantitative estimate of drug-likeness (QED) is 0.115. The van der Waals surface area contributed by atoms with Gasteiger partial charge in [0.15, 0.2) is 23.0 Å². The molecule has 17 heteroatoms. The zero-order valence-corrected chi connectivity index (χ0v) is 40.4. The summed E-state index contributed by atoms with van der Waals surface area (Å²) >= 11 is 0. The molecule has 0 unspecified atom stereocenters. The number of amides is 3. The number of likely N-dealkylation sites (tertiary alicyclic amines) is 1. The first kappa shape index (κ1) is 56.0. The van der Waals surface area contributed by atoms with E-state index in [0.717, 1.165) is 38.8 Å². The maximum absolute atomic E-state index is 13.7. The van der Waals surface area contributed by atoms with Gasteiger partial charge in [0.1, 0.15) is 32.2 Å². The standard InChI is InChI=1S/C26H41FN2O6.C21H33FN2O4.ClH/c1-19(2)29(21-9-7-13-28(18-21)25(31)35-26(3,4)5)24(30)20-10-11-22(34-16-12-27)23(17-20)33-15-8-14-32-6;1-16(2)24(18-6-4-10-23-15-18)21(25)17-7-8-19(28-13-9-22)20(14-17)27-12-5-11-26-3;/h10-11,17,19,21H,7-9,12-16,18H2,1-6H3;7-8,14,16,18,23H,4-6,9-13,15H2,1-3H3;1H/t21-;18-;/m11./s1. The number of rotatable bonds is 22. The number of hydrogen-bond donors (Lipinski definition) is 1. The third-order valence-electron chi connectivity index (χ3n) is 10.2. The highest BCUT2D eigenvalue weighted by atomic mass is 35.5. The van der Waals surface area contributed by atoms with E-state index in [9.17, 15) is 23.2 Å². The van der Waals surface area contributed by atoms with Crippen LogP contribution in [0.3, 0.4) is 0 Å². The van der Waals surface area contributed by atoms with Crippen LogP contribution in [0.25, 0.3) is 0 Å². The van der Waals surface area contributed by atoms with Crippen molar-refractivity contribution in [2.24, 2.45) is 0 Å². The molecule has 364 valence electrons. The normalized spacial score (nSPS) is 16.2. The highest BCUT2D eigenvalue weighted by Crippen LogP contribution is 2.32. The molecular weight excluding hydrogens is 854 g/mol. The zero-order valence-electron chi connectivity index (χ0n) is 39.6. The number of carbonyl (C=O) groups excluding carboxylic acids is 3. The fourth-order valence-electron chi connectivity index (χ4n) is 7.50. The molecule has 4 rings (SSSR count). The first-order valence-corrected chi connectivity index (χ1v) is 22.4. The molecule has 0 bridgehead atoms. The molecule has 0 saturated carbocycles. The third kappa shape index (κ3) is 18.4. The van der Waals surface area contributed by atoms with Gasteiger partial charge in [-0.15, -0.1) is 12.4 Å². The Morgan fingerprint density at radius 3 is 1.59 bits per heavy atom. The van der Waals surface area contributed by atoms with Gasteiger partial charge in [-0.1, -0.05) is 0 Å². The minimum atomic E-state index is -0.624. The van der Waals surface area contributed by atoms with Crippen LogP contribution >= 0.6 is 12.4 Å². The Morgan fingerprint density at radius 1 is 0.703 bits per heavy atom. The van der Waals surface area contributed by atoms with Crippen molar-refractivity contribution >= 4 is 30.3 Å². The Kier molecular flexibility index (Phi) is 25.7. The molecule has 64 heavy (non-hydrogen) atoms. The van der Waals surface area contributed by atoms with Gasteiger partial charge in [-0.05, 0) is 117 Å². The van der Waals surface area contributed by atoms with E-state index in [1.165, 1.54) is 0 Å². The second kappa shape index (κ2) is 29.4. The van der Waals surface area contributed by atoms with Crippen LogP contribution in [-0.4, -0.2) is 156 Å². The first-order valence-electron chi connectivity index (χ1n) is 22.4. The molecule has 2 aliphatic heterocycles. The number of carbonyl (C=O) groups is 3. The Hall–Kier alpha value is -4.12. The number of piperidine rings is 2. The molecule has 2 aromatic carbocycles. The Bertz CT molecular complexity index is 1680. The molecule has 2 saturated heterocycles. The van der Waals surface area contributed by atoms with Crippen molar-refractivity contribution in [1.82, 2.24) is 20.0 Å². The lowest BCUT2D eigenvalue weighted by molar-refractivity contribution is 0.00751. The van der Waals surface area contributed by atoms with Crippen LogP contribution in [0.4, 0.5) is 13.6 Å². The number of nitrogens with zero attached hydrogens (tertiary/aromatic N) is 3. The average Bonchev–Trinajstić information content (AvgIpc) is 3.25. The summed E-state index contributed by atoms with van der Waals surface area (Å²) in [5.74, 6) is 1.50. The number of benzene rings is 2. The maximum atomic E-state index is 13.7. The van der Waals surface area contributed by atoms with Crippen LogP contribution in [0.15, 0.2) is 36.4 Å². The number of nitrogens with one attached hydrogen (secondary N) is 1. The summed E-state index contributed by atoms with van der Waals surface area (Å²) in [6.45, 7) is 16.9. The fourth-order valence-corrected chi connectivity index (χ4v) is 7.50. The van der Waals surface area contributed by atoms with Crippen molar-refractivity contribution < 1.29 is 56.3 Å². The molecule has 2 fully saturated rings. The summed E-state index contributed by atoms with van der Waals surface area (Å²) in [5.41, 5.74) is 0.416. The van der Waals surface area contributed by atoms with Crippen LogP contribution in [0.5, 0.6) is 23.0 Å². The summed E-state index contributed by atoms with van der Waals surface area (Å²) in [7, 11) is 3.25. The highest BCUT2D eigenvalue weighted by molar-refractivity contribution is 5.96. The monoisotopic (exact) mass is 929 g/mol. The van der Waals surface area contributed by atoms with Gasteiger partial charge in [0.2, 0.25) is 0 Å². The lowest BCUT2D eigenvalue weighted by Crippen LogP contribution is -2.54. The minimum Gasteiger partial charge on any atom is -0.490 e. The van der Waals surface area contributed by atoms with E-state index in [-0.39, 0.29) is 67.7 Å². The summed E-state index contributed by atoms with van der Waals surface area (Å²) in [4.78, 5) is 45.0. The smallest absolute Gasteiger partial charge is 0.410 e. The number of hydrogen-bond acceptors (Lipinski definition) is 11. The summed E-state index contributed by atoms with van der Waals surface area (Å²) in [6, 6.07) is 10.1. The number of alkyl halides is 2. The molecule has 14 nitrogen and oxygen atoms in total. The Balaban J connectivity index is 0.000000444. The van der Waals surface area contributed by atoms with Crippen LogP contribution in [-0.2, 0) is 14.2 Å². The lowest BCUT2D eigenvalue weighted by Gasteiger charge is -2.41. The molecule has 0 aliphatic carbocycles. The largest absolute Gasteiger partial charge is 0.490 e. The van der Waals surface area contributed by atoms with Crippen molar-refractivity contribution in [1.29, 1.82) is 0 Å². The average molecular weight is 930 g/mol. The fraction of sp³-hybridized carbons (Fsp3) is 0.681. The molecule has 0 spiro atoms. The van der Waals surface area contributed by atoms with Crippen LogP contribution in [0, 0.1) is 0 Å². The van der Waals surface area contributed by atoms with Gasteiger partial charge in [0.05, 0.1) is 19.3 Å². The van der Waals surface area contributed by atoms with Crippen LogP contribution in [0.2, 0.25) is 0 Å². The summed E-state index contributed by atoms with van der Waals surface area (Å²) < 4.78 is 63.4. The van der Waals surface area contributed by atoms with Crippen LogP contribution < -0.4 is 24.3 Å². The van der Waals surface area contributed by atoms with Gasteiger partial charge in [-0.3, -0.25) is 9.59 Å². The predicted octanol–water partition coefficient (Wildman–Crippen LogP) is 8.17. The van der Waals surface area contributed by atoms with E-state index in [1.807, 2.05) is 58.3 Å². The molecule has 2 heterocycles. The van der Waals surface area contributed by atoms with E-state index in [1.54, 1.807) is 55.5 Å². The Labute approximate surface area is 386 Å². The van der Waals surface area contributed by atoms with Crippen molar-refractivity contribution in [2.45, 2.75) is 117 Å². The molecular formula is C47H75ClF2N4O10. The van der Waals surface area contributed by atoms with Gasteiger partial charge in [0.25, 0.3) is 11.8 Å². The van der Waals surface area contributed by atoms with Gasteiger partial charge in [0, 0.05) is 89.2 Å². The molecule has 2 aliphatic rings. The van der Waals surface area contributed by atoms with Crippen molar-refractivity contribution in [3.05, 3.63) is 47.5 Å². The van der Waals surface area contributed by atoms with Crippen molar-refractivity contribution in [2.75, 3.05) is 93.4 Å². The second-order valence-electron chi connectivity index (χ2n) is 17.1. The number of ether oxygens (including phenoxy) is 7. The molecule has 2 aromatic rings. The van der Waals surface area contributed by atoms with Gasteiger partial charge >= 0.3 is 6.09 Å². The maximum Gasteiger partial charge on any atom is 0.410 e. The second-order valence-corrected chi connectivity index (χ2v) is 17.1. The van der Waals surface area contributed by atoms with Gasteiger partial charge in [-0.25, -0.2) is 13.6 Å². The molecule has 1 N–H and O–H groups in total. The lowest BCUT2D eigenvalue weighted by atomic mass is 10.0. The molecule has 0 aromatic heterocycles. The van der Waals surface area contributed by atoms with Crippen molar-refractivity contribution in [3.63, 3.8) is 0 Å². The first-order chi connectivity index (χ1) is 30.1. The topological polar surface area (TPSA) is 138 Å². The van der Waals surface area contributed by atoms with E-state index in [0.29, 0.717) is 86.5 Å². The molecule has 3 amide bonds. The SMILES string of the molecule is COCCCOc1cc(C(=O)N(C(C)C)[C@@H]2CCCN(C(=O)OC(C)(C)C)C2)ccc1OCCF.COCCCOc1cc(C(=O)N(C(C)C)[C@@H]2CCCNC2)ccc1OCCF.Cl. The van der Waals surface area contributed by atoms with Crippen molar-refractivity contribution in [3.8, 4) is 23.0 Å². The van der Waals surface area contributed by atoms with E-state index in [4.69, 9.17) is 33.2 Å². The number of methoxy groups -OCH3 is 2. The number of halogens is 3. The van der Waals surface area contributed by atoms with Gasteiger partial charge < -0.3 is 53.2 Å². The summed E-state index contributed by atoms with van der Waals surface area (Å²) in [5, 5.41) is 3.37. The third-order valence-corrected chi connectivity index (χ3v) is 10.2. The predicted molar refractivity (Wildman–Crippen MR) is 246 cm³/mol. The Morgan fingerprint density at radius 2 is 1.17 bits per heavy atom. The van der Waals surface area contributed by atoms with E-state index < -0.39 is 19.0 Å². The minimum absolute atomic E-state index is 0. The molecule has 2 atom stereocenters. The van der Waals surface area contributed by atoms with Gasteiger partial charge in [-0.2, -0.15) is 0 Å². The van der Waals surface area contributed by atoms with Crippen LogP contribution in [0.1, 0.15) is 108 Å².